The van der Waals surface area contributed by atoms with Crippen LogP contribution in [0.3, 0.4) is 0 Å². The molecule has 3 saturated heterocycles. The van der Waals surface area contributed by atoms with Crippen LogP contribution in [0.15, 0.2) is 24.3 Å². The van der Waals surface area contributed by atoms with Crippen LogP contribution < -0.4 is 10.2 Å². The quantitative estimate of drug-likeness (QED) is 0.716. The SMILES string of the molecule is CC(C)(C)OC(=O)N1CCC2(CC1)CC(CCN1CCN(c3cccc(Cl)c3)CC1)NC2=O. The molecule has 1 N–H and O–H groups in total. The molecule has 2 amide bonds. The molecule has 8 heteroatoms. The highest BCUT2D eigenvalue weighted by molar-refractivity contribution is 6.30. The lowest BCUT2D eigenvalue weighted by Gasteiger charge is -2.38. The minimum absolute atomic E-state index is 0.169. The lowest BCUT2D eigenvalue weighted by atomic mass is 9.76. The van der Waals surface area contributed by atoms with E-state index in [2.05, 4.69) is 21.2 Å². The molecule has 3 heterocycles. The Hall–Kier alpha value is -1.99. The maximum atomic E-state index is 12.9. The lowest BCUT2D eigenvalue weighted by Crippen LogP contribution is -2.47. The minimum atomic E-state index is -0.498. The molecule has 1 aromatic carbocycles. The fraction of sp³-hybridized carbons (Fsp3) is 0.680. The van der Waals surface area contributed by atoms with Gasteiger partial charge in [-0.1, -0.05) is 17.7 Å². The zero-order chi connectivity index (χ0) is 23.6. The Morgan fingerprint density at radius 1 is 1.15 bits per heavy atom. The van der Waals surface area contributed by atoms with E-state index in [0.29, 0.717) is 25.9 Å². The van der Waals surface area contributed by atoms with Gasteiger partial charge in [0.1, 0.15) is 5.60 Å². The first-order chi connectivity index (χ1) is 15.6. The number of nitrogens with one attached hydrogen (secondary N) is 1. The second kappa shape index (κ2) is 9.71. The number of piperidine rings is 1. The number of piperazine rings is 1. The zero-order valence-corrected chi connectivity index (χ0v) is 20.9. The zero-order valence-electron chi connectivity index (χ0n) is 20.1. The van der Waals surface area contributed by atoms with Crippen LogP contribution in [0.4, 0.5) is 10.5 Å². The number of likely N-dealkylation sites (tertiary alicyclic amines) is 1. The van der Waals surface area contributed by atoms with E-state index < -0.39 is 5.60 Å². The minimum Gasteiger partial charge on any atom is -0.444 e. The van der Waals surface area contributed by atoms with E-state index >= 15 is 0 Å². The van der Waals surface area contributed by atoms with Crippen molar-refractivity contribution >= 4 is 29.3 Å². The average Bonchev–Trinajstić information content (AvgIpc) is 3.06. The van der Waals surface area contributed by atoms with E-state index in [1.54, 1.807) is 4.90 Å². The summed E-state index contributed by atoms with van der Waals surface area (Å²) in [6.45, 7) is 11.8. The number of carbonyl (C=O) groups excluding carboxylic acids is 2. The molecule has 1 atom stereocenters. The molecule has 182 valence electrons. The van der Waals surface area contributed by atoms with Crippen molar-refractivity contribution in [2.75, 3.05) is 50.7 Å². The Morgan fingerprint density at radius 3 is 2.48 bits per heavy atom. The first-order valence-corrected chi connectivity index (χ1v) is 12.5. The number of benzene rings is 1. The van der Waals surface area contributed by atoms with Crippen LogP contribution in [0, 0.1) is 5.41 Å². The Labute approximate surface area is 202 Å². The Balaban J connectivity index is 1.21. The van der Waals surface area contributed by atoms with Gasteiger partial charge in [0.15, 0.2) is 0 Å². The largest absolute Gasteiger partial charge is 0.444 e. The van der Waals surface area contributed by atoms with Crippen LogP contribution in [0.2, 0.25) is 5.02 Å². The van der Waals surface area contributed by atoms with Gasteiger partial charge in [-0.15, -0.1) is 0 Å². The highest BCUT2D eigenvalue weighted by Gasteiger charge is 2.49. The van der Waals surface area contributed by atoms with Gasteiger partial charge in [-0.3, -0.25) is 9.69 Å². The van der Waals surface area contributed by atoms with E-state index in [1.807, 2.05) is 39.0 Å². The molecule has 33 heavy (non-hydrogen) atoms. The van der Waals surface area contributed by atoms with Crippen molar-refractivity contribution in [1.29, 1.82) is 0 Å². The number of rotatable bonds is 4. The van der Waals surface area contributed by atoms with E-state index in [-0.39, 0.29) is 23.5 Å². The first kappa shape index (κ1) is 24.1. The third-order valence-corrected chi connectivity index (χ3v) is 7.40. The standard InChI is InChI=1S/C25H37ClN4O3/c1-24(2,3)33-23(32)30-11-8-25(9-12-30)18-20(27-22(25)31)7-10-28-13-15-29(16-14-28)21-6-4-5-19(26)17-21/h4-6,17,20H,7-16,18H2,1-3H3,(H,27,31). The van der Waals surface area contributed by atoms with Gasteiger partial charge in [-0.25, -0.2) is 4.79 Å². The molecule has 0 radical (unpaired) electrons. The Bertz CT molecular complexity index is 855. The summed E-state index contributed by atoms with van der Waals surface area (Å²) in [4.78, 5) is 31.8. The van der Waals surface area contributed by atoms with Crippen molar-refractivity contribution in [3.63, 3.8) is 0 Å². The summed E-state index contributed by atoms with van der Waals surface area (Å²) in [7, 11) is 0. The van der Waals surface area contributed by atoms with Gasteiger partial charge in [0.2, 0.25) is 5.91 Å². The maximum absolute atomic E-state index is 12.9. The molecule has 0 aliphatic carbocycles. The van der Waals surface area contributed by atoms with Crippen LogP contribution in [0.1, 0.15) is 46.5 Å². The highest BCUT2D eigenvalue weighted by atomic mass is 35.5. The Morgan fingerprint density at radius 2 is 1.85 bits per heavy atom. The van der Waals surface area contributed by atoms with Crippen molar-refractivity contribution in [1.82, 2.24) is 15.1 Å². The first-order valence-electron chi connectivity index (χ1n) is 12.2. The molecule has 7 nitrogen and oxygen atoms in total. The van der Waals surface area contributed by atoms with Crippen molar-refractivity contribution in [3.8, 4) is 0 Å². The number of amides is 2. The number of nitrogens with zero attached hydrogens (tertiary/aromatic N) is 3. The fourth-order valence-electron chi connectivity index (χ4n) is 5.24. The van der Waals surface area contributed by atoms with Crippen molar-refractivity contribution in [2.45, 2.75) is 58.1 Å². The summed E-state index contributed by atoms with van der Waals surface area (Å²) >= 11 is 6.14. The topological polar surface area (TPSA) is 65.1 Å². The molecule has 3 fully saturated rings. The summed E-state index contributed by atoms with van der Waals surface area (Å²) < 4.78 is 5.49. The summed E-state index contributed by atoms with van der Waals surface area (Å²) in [6, 6.07) is 8.27. The maximum Gasteiger partial charge on any atom is 0.410 e. The van der Waals surface area contributed by atoms with Crippen molar-refractivity contribution < 1.29 is 14.3 Å². The second-order valence-corrected chi connectivity index (χ2v) is 11.2. The predicted molar refractivity (Wildman–Crippen MR) is 131 cm³/mol. The molecule has 0 bridgehead atoms. The van der Waals surface area contributed by atoms with Crippen molar-refractivity contribution in [2.24, 2.45) is 5.41 Å². The average molecular weight is 477 g/mol. The van der Waals surface area contributed by atoms with Gasteiger partial charge in [-0.05, 0) is 64.7 Å². The van der Waals surface area contributed by atoms with E-state index in [1.165, 1.54) is 5.69 Å². The van der Waals surface area contributed by atoms with Crippen LogP contribution >= 0.6 is 11.6 Å². The molecule has 3 aliphatic rings. The van der Waals surface area contributed by atoms with Crippen LogP contribution in [-0.2, 0) is 9.53 Å². The molecular formula is C25H37ClN4O3. The number of hydrogen-bond acceptors (Lipinski definition) is 5. The molecule has 1 spiro atoms. The number of hydrogen-bond donors (Lipinski definition) is 1. The van der Waals surface area contributed by atoms with Gasteiger partial charge in [-0.2, -0.15) is 0 Å². The van der Waals surface area contributed by atoms with Crippen LogP contribution in [-0.4, -0.2) is 79.3 Å². The summed E-state index contributed by atoms with van der Waals surface area (Å²) in [5.41, 5.74) is 0.362. The molecular weight excluding hydrogens is 440 g/mol. The fourth-order valence-corrected chi connectivity index (χ4v) is 5.43. The second-order valence-electron chi connectivity index (χ2n) is 10.7. The number of halogens is 1. The van der Waals surface area contributed by atoms with Gasteiger partial charge >= 0.3 is 6.09 Å². The summed E-state index contributed by atoms with van der Waals surface area (Å²) in [6.07, 6.45) is 3.00. The third kappa shape index (κ3) is 5.93. The predicted octanol–water partition coefficient (Wildman–Crippen LogP) is 3.76. The molecule has 0 aromatic heterocycles. The number of carbonyl (C=O) groups is 2. The smallest absolute Gasteiger partial charge is 0.410 e. The van der Waals surface area contributed by atoms with Crippen LogP contribution in [0.5, 0.6) is 0 Å². The van der Waals surface area contributed by atoms with E-state index in [4.69, 9.17) is 16.3 Å². The monoisotopic (exact) mass is 476 g/mol. The lowest BCUT2D eigenvalue weighted by molar-refractivity contribution is -0.130. The van der Waals surface area contributed by atoms with Gasteiger partial charge in [0.05, 0.1) is 5.41 Å². The number of ether oxygens (including phenoxy) is 1. The van der Waals surface area contributed by atoms with Gasteiger partial charge < -0.3 is 19.9 Å². The molecule has 0 saturated carbocycles. The molecule has 1 aromatic rings. The van der Waals surface area contributed by atoms with Gasteiger partial charge in [0.25, 0.3) is 0 Å². The number of anilines is 1. The van der Waals surface area contributed by atoms with Gasteiger partial charge in [0, 0.05) is 62.6 Å². The summed E-state index contributed by atoms with van der Waals surface area (Å²) in [5.74, 6) is 0.169. The summed E-state index contributed by atoms with van der Waals surface area (Å²) in [5, 5.41) is 4.03. The van der Waals surface area contributed by atoms with E-state index in [9.17, 15) is 9.59 Å². The Kier molecular flexibility index (Phi) is 7.10. The third-order valence-electron chi connectivity index (χ3n) is 7.17. The van der Waals surface area contributed by atoms with E-state index in [0.717, 1.165) is 50.6 Å². The van der Waals surface area contributed by atoms with Crippen molar-refractivity contribution in [3.05, 3.63) is 29.3 Å². The molecule has 4 rings (SSSR count). The highest BCUT2D eigenvalue weighted by Crippen LogP contribution is 2.41. The van der Waals surface area contributed by atoms with Crippen LogP contribution in [0.25, 0.3) is 0 Å². The molecule has 3 aliphatic heterocycles. The normalized spacial score (nSPS) is 23.6. The molecule has 1 unspecified atom stereocenters.